The van der Waals surface area contributed by atoms with Crippen molar-refractivity contribution in [2.24, 2.45) is 0 Å². The van der Waals surface area contributed by atoms with E-state index in [2.05, 4.69) is 15.6 Å². The number of nitrogens with one attached hydrogen (secondary N) is 2. The van der Waals surface area contributed by atoms with E-state index in [1.807, 2.05) is 43.5 Å². The first-order valence-electron chi connectivity index (χ1n) is 6.25. The summed E-state index contributed by atoms with van der Waals surface area (Å²) in [6, 6.07) is 7.13. The Balaban J connectivity index is 1.85. The number of carbonyl (C=O) groups excluding carboxylic acids is 1. The van der Waals surface area contributed by atoms with Crippen LogP contribution >= 0.6 is 22.9 Å². The first-order chi connectivity index (χ1) is 9.54. The Morgan fingerprint density at radius 2 is 2.30 bits per heavy atom. The molecule has 2 rings (SSSR count). The van der Waals surface area contributed by atoms with E-state index >= 15 is 0 Å². The van der Waals surface area contributed by atoms with Crippen LogP contribution < -0.4 is 10.6 Å². The summed E-state index contributed by atoms with van der Waals surface area (Å²) in [7, 11) is 0. The Labute approximate surface area is 127 Å². The Bertz CT molecular complexity index is 600. The standard InChI is InChI=1S/C14H16ClN3OS/c1-9-8-20-13(17-9)7-16-14(19)18-10(2)11-4-3-5-12(15)6-11/h3-6,8,10H,7H2,1-2H3,(H2,16,18,19). The van der Waals surface area contributed by atoms with Crippen LogP contribution in [0.15, 0.2) is 29.6 Å². The van der Waals surface area contributed by atoms with Crippen LogP contribution in [0.4, 0.5) is 4.79 Å². The van der Waals surface area contributed by atoms with E-state index in [1.165, 1.54) is 11.3 Å². The molecule has 20 heavy (non-hydrogen) atoms. The second-order valence-corrected chi connectivity index (χ2v) is 5.87. The van der Waals surface area contributed by atoms with Gasteiger partial charge in [-0.1, -0.05) is 23.7 Å². The van der Waals surface area contributed by atoms with Gasteiger partial charge >= 0.3 is 6.03 Å². The first-order valence-corrected chi connectivity index (χ1v) is 7.51. The number of urea groups is 1. The number of aryl methyl sites for hydroxylation is 1. The largest absolute Gasteiger partial charge is 0.332 e. The van der Waals surface area contributed by atoms with Crippen molar-refractivity contribution < 1.29 is 4.79 Å². The Kier molecular flexibility index (Phi) is 4.98. The molecule has 0 aliphatic heterocycles. The molecule has 1 aromatic heterocycles. The van der Waals surface area contributed by atoms with Gasteiger partial charge in [-0.05, 0) is 31.5 Å². The van der Waals surface area contributed by atoms with Crippen LogP contribution in [0.5, 0.6) is 0 Å². The molecule has 0 fully saturated rings. The third kappa shape index (κ3) is 4.21. The fourth-order valence-electron chi connectivity index (χ4n) is 1.75. The number of hydrogen-bond donors (Lipinski definition) is 2. The summed E-state index contributed by atoms with van der Waals surface area (Å²) in [6.45, 7) is 4.28. The molecule has 2 aromatic rings. The Morgan fingerprint density at radius 1 is 1.50 bits per heavy atom. The molecule has 1 unspecified atom stereocenters. The molecule has 1 atom stereocenters. The summed E-state index contributed by atoms with van der Waals surface area (Å²) in [5, 5.41) is 9.18. The van der Waals surface area contributed by atoms with Gasteiger partial charge in [0, 0.05) is 16.1 Å². The molecule has 0 bridgehead atoms. The third-order valence-corrected chi connectivity index (χ3v) is 3.96. The van der Waals surface area contributed by atoms with E-state index < -0.39 is 0 Å². The van der Waals surface area contributed by atoms with Crippen molar-refractivity contribution in [3.05, 3.63) is 50.9 Å². The number of carbonyl (C=O) groups is 1. The van der Waals surface area contributed by atoms with Crippen LogP contribution in [0.25, 0.3) is 0 Å². The Hall–Kier alpha value is -1.59. The van der Waals surface area contributed by atoms with E-state index in [0.717, 1.165) is 16.3 Å². The zero-order chi connectivity index (χ0) is 14.5. The van der Waals surface area contributed by atoms with Crippen molar-refractivity contribution in [3.63, 3.8) is 0 Å². The van der Waals surface area contributed by atoms with Gasteiger partial charge in [-0.15, -0.1) is 11.3 Å². The van der Waals surface area contributed by atoms with Gasteiger partial charge in [-0.2, -0.15) is 0 Å². The van der Waals surface area contributed by atoms with E-state index in [0.29, 0.717) is 11.6 Å². The fraction of sp³-hybridized carbons (Fsp3) is 0.286. The van der Waals surface area contributed by atoms with Gasteiger partial charge in [-0.3, -0.25) is 0 Å². The lowest BCUT2D eigenvalue weighted by Crippen LogP contribution is -2.36. The number of halogens is 1. The number of rotatable bonds is 4. The minimum absolute atomic E-state index is 0.105. The third-order valence-electron chi connectivity index (χ3n) is 2.76. The summed E-state index contributed by atoms with van der Waals surface area (Å²) >= 11 is 7.47. The van der Waals surface area contributed by atoms with E-state index in [1.54, 1.807) is 0 Å². The quantitative estimate of drug-likeness (QED) is 0.905. The molecule has 0 aliphatic rings. The average Bonchev–Trinajstić information content (AvgIpc) is 2.82. The highest BCUT2D eigenvalue weighted by Crippen LogP contribution is 2.17. The molecule has 0 saturated heterocycles. The maximum absolute atomic E-state index is 11.8. The topological polar surface area (TPSA) is 54.0 Å². The second-order valence-electron chi connectivity index (χ2n) is 4.49. The Morgan fingerprint density at radius 3 is 2.95 bits per heavy atom. The minimum atomic E-state index is -0.217. The van der Waals surface area contributed by atoms with Gasteiger partial charge in [0.1, 0.15) is 5.01 Å². The zero-order valence-corrected chi connectivity index (χ0v) is 12.9. The predicted octanol–water partition coefficient (Wildman–Crippen LogP) is 3.67. The van der Waals surface area contributed by atoms with E-state index in [4.69, 9.17) is 11.6 Å². The smallest absolute Gasteiger partial charge is 0.315 e. The second kappa shape index (κ2) is 6.72. The van der Waals surface area contributed by atoms with Crippen LogP contribution in [0.2, 0.25) is 5.02 Å². The number of hydrogen-bond acceptors (Lipinski definition) is 3. The highest BCUT2D eigenvalue weighted by molar-refractivity contribution is 7.09. The first kappa shape index (κ1) is 14.8. The lowest BCUT2D eigenvalue weighted by Gasteiger charge is -2.15. The van der Waals surface area contributed by atoms with Crippen LogP contribution in [0, 0.1) is 6.92 Å². The number of benzene rings is 1. The normalized spacial score (nSPS) is 11.9. The summed E-state index contributed by atoms with van der Waals surface area (Å²) in [5.74, 6) is 0. The fourth-order valence-corrected chi connectivity index (χ4v) is 2.66. The lowest BCUT2D eigenvalue weighted by molar-refractivity contribution is 0.237. The number of nitrogens with zero attached hydrogens (tertiary/aromatic N) is 1. The molecule has 1 heterocycles. The molecule has 106 valence electrons. The number of thiazole rings is 1. The minimum Gasteiger partial charge on any atom is -0.332 e. The molecule has 2 amide bonds. The molecule has 0 aliphatic carbocycles. The molecule has 2 N–H and O–H groups in total. The molecule has 0 radical (unpaired) electrons. The molecule has 0 spiro atoms. The average molecular weight is 310 g/mol. The molecular weight excluding hydrogens is 294 g/mol. The van der Waals surface area contributed by atoms with Crippen LogP contribution in [0.1, 0.15) is 29.2 Å². The summed E-state index contributed by atoms with van der Waals surface area (Å²) in [4.78, 5) is 16.1. The zero-order valence-electron chi connectivity index (χ0n) is 11.3. The van der Waals surface area contributed by atoms with Gasteiger partial charge in [0.25, 0.3) is 0 Å². The van der Waals surface area contributed by atoms with Gasteiger partial charge < -0.3 is 10.6 Å². The maximum atomic E-state index is 11.8. The van der Waals surface area contributed by atoms with Crippen LogP contribution in [-0.2, 0) is 6.54 Å². The molecule has 0 saturated carbocycles. The summed E-state index contributed by atoms with van der Waals surface area (Å²) < 4.78 is 0. The molecule has 6 heteroatoms. The van der Waals surface area contributed by atoms with Crippen molar-refractivity contribution in [1.29, 1.82) is 0 Å². The van der Waals surface area contributed by atoms with Crippen molar-refractivity contribution >= 4 is 29.0 Å². The molecule has 1 aromatic carbocycles. The van der Waals surface area contributed by atoms with Gasteiger partial charge in [-0.25, -0.2) is 9.78 Å². The van der Waals surface area contributed by atoms with Crippen molar-refractivity contribution in [3.8, 4) is 0 Å². The van der Waals surface area contributed by atoms with Crippen molar-refractivity contribution in [2.45, 2.75) is 26.4 Å². The van der Waals surface area contributed by atoms with Gasteiger partial charge in [0.2, 0.25) is 0 Å². The van der Waals surface area contributed by atoms with Gasteiger partial charge in [0.15, 0.2) is 0 Å². The summed E-state index contributed by atoms with van der Waals surface area (Å²) in [5.41, 5.74) is 1.94. The molecule has 4 nitrogen and oxygen atoms in total. The van der Waals surface area contributed by atoms with Crippen LogP contribution in [-0.4, -0.2) is 11.0 Å². The van der Waals surface area contributed by atoms with Gasteiger partial charge in [0.05, 0.1) is 12.6 Å². The highest BCUT2D eigenvalue weighted by atomic mass is 35.5. The van der Waals surface area contributed by atoms with Crippen LogP contribution in [0.3, 0.4) is 0 Å². The molecular formula is C14H16ClN3OS. The summed E-state index contributed by atoms with van der Waals surface area (Å²) in [6.07, 6.45) is 0. The highest BCUT2D eigenvalue weighted by Gasteiger charge is 2.10. The monoisotopic (exact) mass is 309 g/mol. The predicted molar refractivity (Wildman–Crippen MR) is 82.1 cm³/mol. The van der Waals surface area contributed by atoms with E-state index in [9.17, 15) is 4.79 Å². The van der Waals surface area contributed by atoms with Crippen molar-refractivity contribution in [1.82, 2.24) is 15.6 Å². The SMILES string of the molecule is Cc1csc(CNC(=O)NC(C)c2cccc(Cl)c2)n1. The maximum Gasteiger partial charge on any atom is 0.315 e. The number of aromatic nitrogens is 1. The van der Waals surface area contributed by atoms with Crippen molar-refractivity contribution in [2.75, 3.05) is 0 Å². The number of amides is 2. The van der Waals surface area contributed by atoms with E-state index in [-0.39, 0.29) is 12.1 Å². The lowest BCUT2D eigenvalue weighted by atomic mass is 10.1.